The Kier molecular flexibility index (Phi) is 3.89. The number of ether oxygens (including phenoxy) is 3. The topological polar surface area (TPSA) is 77.1 Å². The van der Waals surface area contributed by atoms with Crippen LogP contribution in [0.25, 0.3) is 0 Å². The number of nitrogens with one attached hydrogen (secondary N) is 1. The molecule has 2 heterocycles. The number of esters is 1. The van der Waals surface area contributed by atoms with Gasteiger partial charge >= 0.3 is 5.97 Å². The van der Waals surface area contributed by atoms with Gasteiger partial charge in [-0.3, -0.25) is 4.79 Å². The van der Waals surface area contributed by atoms with Gasteiger partial charge in [-0.1, -0.05) is 0 Å². The highest BCUT2D eigenvalue weighted by atomic mass is 16.7. The van der Waals surface area contributed by atoms with Crippen molar-refractivity contribution in [3.05, 3.63) is 0 Å². The fourth-order valence-corrected chi connectivity index (χ4v) is 2.34. The molecule has 0 saturated carbocycles. The summed E-state index contributed by atoms with van der Waals surface area (Å²) >= 11 is 0. The Morgan fingerprint density at radius 1 is 1.50 bits per heavy atom. The van der Waals surface area contributed by atoms with Crippen LogP contribution in [-0.4, -0.2) is 70.0 Å². The number of hydrogen-bond acceptors (Lipinski definition) is 6. The Morgan fingerprint density at radius 3 is 2.72 bits per heavy atom. The third kappa shape index (κ3) is 2.36. The van der Waals surface area contributed by atoms with E-state index in [-0.39, 0.29) is 25.4 Å². The van der Waals surface area contributed by atoms with Crippen molar-refractivity contribution in [2.75, 3.05) is 33.4 Å². The van der Waals surface area contributed by atoms with E-state index >= 15 is 0 Å². The maximum atomic E-state index is 11.9. The van der Waals surface area contributed by atoms with E-state index in [4.69, 9.17) is 22.2 Å². The number of hydrogen-bond donors (Lipinski definition) is 1. The van der Waals surface area contributed by atoms with Crippen molar-refractivity contribution in [2.24, 2.45) is 0 Å². The molecular formula is C10H15BN2O5. The number of carbonyl (C=O) groups is 2. The molecule has 18 heavy (non-hydrogen) atoms. The van der Waals surface area contributed by atoms with Gasteiger partial charge in [-0.15, -0.1) is 0 Å². The maximum Gasteiger partial charge on any atom is 0.328 e. The van der Waals surface area contributed by atoms with Crippen LogP contribution in [0, 0.1) is 0 Å². The molecule has 1 spiro atoms. The average Bonchev–Trinajstić information content (AvgIpc) is 2.97. The van der Waals surface area contributed by atoms with Gasteiger partial charge in [0.1, 0.15) is 6.04 Å². The number of likely N-dealkylation sites (tertiary alicyclic amines) is 1. The third-order valence-corrected chi connectivity index (χ3v) is 3.15. The minimum absolute atomic E-state index is 0.0520. The van der Waals surface area contributed by atoms with Gasteiger partial charge in [-0.05, 0) is 0 Å². The van der Waals surface area contributed by atoms with Crippen molar-refractivity contribution in [1.29, 1.82) is 0 Å². The van der Waals surface area contributed by atoms with Crippen LogP contribution >= 0.6 is 0 Å². The number of carbonyl (C=O) groups excluding carboxylic acids is 2. The first kappa shape index (κ1) is 13.3. The smallest absolute Gasteiger partial charge is 0.328 e. The van der Waals surface area contributed by atoms with Crippen LogP contribution in [-0.2, 0) is 23.8 Å². The third-order valence-electron chi connectivity index (χ3n) is 3.15. The summed E-state index contributed by atoms with van der Waals surface area (Å²) in [6.07, 6.45) is 0.288. The first-order chi connectivity index (χ1) is 8.62. The van der Waals surface area contributed by atoms with Crippen LogP contribution < -0.4 is 5.23 Å². The van der Waals surface area contributed by atoms with E-state index in [1.807, 2.05) is 0 Å². The molecule has 2 aliphatic rings. The van der Waals surface area contributed by atoms with Crippen molar-refractivity contribution >= 4 is 19.9 Å². The van der Waals surface area contributed by atoms with Gasteiger partial charge in [0.25, 0.3) is 0 Å². The van der Waals surface area contributed by atoms with Gasteiger partial charge in [0, 0.05) is 6.42 Å². The molecule has 8 heteroatoms. The van der Waals surface area contributed by atoms with Gasteiger partial charge in [-0.2, -0.15) is 0 Å². The van der Waals surface area contributed by atoms with E-state index in [1.165, 1.54) is 12.0 Å². The van der Waals surface area contributed by atoms with E-state index in [0.717, 1.165) is 0 Å². The molecule has 0 unspecified atom stereocenters. The first-order valence-electron chi connectivity index (χ1n) is 5.70. The number of nitrogens with zero attached hydrogens (tertiary/aromatic N) is 1. The van der Waals surface area contributed by atoms with Crippen LogP contribution in [0.4, 0.5) is 0 Å². The number of rotatable bonds is 3. The summed E-state index contributed by atoms with van der Waals surface area (Å²) in [5.74, 6) is -1.64. The maximum absolute atomic E-state index is 11.9. The van der Waals surface area contributed by atoms with E-state index in [1.54, 1.807) is 0 Å². The summed E-state index contributed by atoms with van der Waals surface area (Å²) in [4.78, 5) is 25.0. The van der Waals surface area contributed by atoms with Crippen molar-refractivity contribution < 1.29 is 23.8 Å². The molecule has 0 aromatic rings. The second kappa shape index (κ2) is 5.25. The highest BCUT2D eigenvalue weighted by Crippen LogP contribution is 2.35. The van der Waals surface area contributed by atoms with Gasteiger partial charge in [-0.25, -0.2) is 4.79 Å². The Labute approximate surface area is 106 Å². The lowest BCUT2D eigenvalue weighted by Crippen LogP contribution is -2.45. The molecule has 98 valence electrons. The van der Waals surface area contributed by atoms with Crippen LogP contribution in [0.15, 0.2) is 0 Å². The molecule has 2 saturated heterocycles. The van der Waals surface area contributed by atoms with E-state index in [0.29, 0.717) is 13.2 Å². The average molecular weight is 254 g/mol. The van der Waals surface area contributed by atoms with E-state index in [9.17, 15) is 9.59 Å². The lowest BCUT2D eigenvalue weighted by Gasteiger charge is -2.23. The second-order valence-electron chi connectivity index (χ2n) is 4.25. The molecule has 2 aliphatic heterocycles. The zero-order valence-corrected chi connectivity index (χ0v) is 10.2. The van der Waals surface area contributed by atoms with E-state index in [2.05, 4.69) is 5.23 Å². The molecule has 1 N–H and O–H groups in total. The first-order valence-corrected chi connectivity index (χ1v) is 5.70. The number of methoxy groups -OCH3 is 1. The highest BCUT2D eigenvalue weighted by molar-refractivity contribution is 6.06. The zero-order valence-electron chi connectivity index (χ0n) is 10.2. The summed E-state index contributed by atoms with van der Waals surface area (Å²) in [6, 6.07) is -0.686. The van der Waals surface area contributed by atoms with Crippen molar-refractivity contribution in [1.82, 2.24) is 10.1 Å². The summed E-state index contributed by atoms with van der Waals surface area (Å²) in [7, 11) is 6.41. The monoisotopic (exact) mass is 254 g/mol. The molecule has 1 amide bonds. The Balaban J connectivity index is 2.14. The Morgan fingerprint density at radius 2 is 2.17 bits per heavy atom. The fourth-order valence-electron chi connectivity index (χ4n) is 2.34. The van der Waals surface area contributed by atoms with Crippen LogP contribution in [0.1, 0.15) is 6.42 Å². The fraction of sp³-hybridized carbons (Fsp3) is 0.800. The lowest BCUT2D eigenvalue weighted by atomic mass is 10.1. The SMILES string of the molecule is [B]NCC(=O)N1CC2(C[C@H]1C(=O)OC)OCCO2. The summed E-state index contributed by atoms with van der Waals surface area (Å²) in [5, 5.41) is 2.28. The van der Waals surface area contributed by atoms with Gasteiger partial charge in [0.2, 0.25) is 5.91 Å². The van der Waals surface area contributed by atoms with Crippen LogP contribution in [0.3, 0.4) is 0 Å². The van der Waals surface area contributed by atoms with Gasteiger partial charge in [0.15, 0.2) is 13.8 Å². The number of amides is 1. The largest absolute Gasteiger partial charge is 0.467 e. The summed E-state index contributed by atoms with van der Waals surface area (Å²) < 4.78 is 15.7. The molecule has 2 radical (unpaired) electrons. The van der Waals surface area contributed by atoms with Gasteiger partial charge in [0.05, 0.1) is 33.4 Å². The highest BCUT2D eigenvalue weighted by Gasteiger charge is 2.52. The lowest BCUT2D eigenvalue weighted by molar-refractivity contribution is -0.152. The van der Waals surface area contributed by atoms with Crippen molar-refractivity contribution in [3.8, 4) is 0 Å². The molecule has 0 bridgehead atoms. The molecular weight excluding hydrogens is 239 g/mol. The minimum atomic E-state index is -0.872. The molecule has 0 aromatic heterocycles. The standard InChI is InChI=1S/C10H15BN2O5/c1-16-9(15)7-4-10(17-2-3-18-10)6-13(7)8(14)5-12-11/h7,12H,2-6H2,1H3/t7-/m0/s1. The minimum Gasteiger partial charge on any atom is -0.467 e. The van der Waals surface area contributed by atoms with Crippen LogP contribution in [0.2, 0.25) is 0 Å². The second-order valence-corrected chi connectivity index (χ2v) is 4.25. The quantitative estimate of drug-likeness (QED) is 0.472. The predicted octanol–water partition coefficient (Wildman–Crippen LogP) is -1.82. The predicted molar refractivity (Wildman–Crippen MR) is 60.5 cm³/mol. The van der Waals surface area contributed by atoms with Crippen molar-refractivity contribution in [3.63, 3.8) is 0 Å². The Hall–Kier alpha value is -1.12. The summed E-state index contributed by atoms with van der Waals surface area (Å²) in [6.45, 7) is 1.09. The summed E-state index contributed by atoms with van der Waals surface area (Å²) in [5.41, 5.74) is 0. The zero-order chi connectivity index (χ0) is 13.2. The molecule has 1 atom stereocenters. The molecule has 7 nitrogen and oxygen atoms in total. The normalized spacial score (nSPS) is 25.6. The van der Waals surface area contributed by atoms with Crippen LogP contribution in [0.5, 0.6) is 0 Å². The molecule has 0 aromatic carbocycles. The van der Waals surface area contributed by atoms with Crippen molar-refractivity contribution in [2.45, 2.75) is 18.2 Å². The van der Waals surface area contributed by atoms with Gasteiger partial charge < -0.3 is 24.3 Å². The van der Waals surface area contributed by atoms with E-state index < -0.39 is 17.8 Å². The molecule has 2 rings (SSSR count). The molecule has 0 aliphatic carbocycles. The Bertz CT molecular complexity index is 345. The molecule has 2 fully saturated rings.